The van der Waals surface area contributed by atoms with E-state index in [1.807, 2.05) is 19.1 Å². The van der Waals surface area contributed by atoms with Gasteiger partial charge in [-0.1, -0.05) is 17.7 Å². The van der Waals surface area contributed by atoms with Crippen LogP contribution < -0.4 is 15.8 Å². The zero-order valence-corrected chi connectivity index (χ0v) is 13.7. The van der Waals surface area contributed by atoms with Gasteiger partial charge in [0.2, 0.25) is 0 Å². The number of amides is 1. The van der Waals surface area contributed by atoms with Gasteiger partial charge >= 0.3 is 0 Å². The third-order valence-corrected chi connectivity index (χ3v) is 4.12. The van der Waals surface area contributed by atoms with Crippen molar-refractivity contribution in [2.45, 2.75) is 44.7 Å². The Morgan fingerprint density at radius 3 is 2.71 bits per heavy atom. The van der Waals surface area contributed by atoms with Gasteiger partial charge in [-0.3, -0.25) is 4.79 Å². The van der Waals surface area contributed by atoms with Crippen LogP contribution in [0.1, 0.15) is 31.2 Å². The SMILES string of the molecule is Cc1c(Cl)cccc1OCC(=O)NC1CCC(N)CC1.Cl. The van der Waals surface area contributed by atoms with E-state index in [2.05, 4.69) is 5.32 Å². The van der Waals surface area contributed by atoms with E-state index >= 15 is 0 Å². The lowest BCUT2D eigenvalue weighted by Crippen LogP contribution is -2.42. The van der Waals surface area contributed by atoms with Gasteiger partial charge in [-0.25, -0.2) is 0 Å². The Morgan fingerprint density at radius 2 is 2.05 bits per heavy atom. The number of nitrogens with one attached hydrogen (secondary N) is 1. The van der Waals surface area contributed by atoms with Gasteiger partial charge in [0.05, 0.1) is 0 Å². The van der Waals surface area contributed by atoms with E-state index in [4.69, 9.17) is 22.1 Å². The predicted octanol–water partition coefficient (Wildman–Crippen LogP) is 2.84. The Kier molecular flexibility index (Phi) is 7.29. The zero-order valence-electron chi connectivity index (χ0n) is 12.1. The van der Waals surface area contributed by atoms with Gasteiger partial charge < -0.3 is 15.8 Å². The Bertz CT molecular complexity index is 475. The van der Waals surface area contributed by atoms with Crippen LogP contribution in [0.15, 0.2) is 18.2 Å². The summed E-state index contributed by atoms with van der Waals surface area (Å²) in [5.74, 6) is 0.558. The first-order valence-electron chi connectivity index (χ1n) is 6.99. The highest BCUT2D eigenvalue weighted by atomic mass is 35.5. The van der Waals surface area contributed by atoms with Crippen LogP contribution in [0.4, 0.5) is 0 Å². The standard InChI is InChI=1S/C15H21ClN2O2.ClH/c1-10-13(16)3-2-4-14(10)20-9-15(19)18-12-7-5-11(17)6-8-12;/h2-4,11-12H,5-9,17H2,1H3,(H,18,19);1H. The molecule has 3 N–H and O–H groups in total. The first-order chi connectivity index (χ1) is 9.56. The molecule has 1 fully saturated rings. The molecule has 2 rings (SSSR count). The van der Waals surface area contributed by atoms with Crippen molar-refractivity contribution < 1.29 is 9.53 Å². The largest absolute Gasteiger partial charge is 0.483 e. The van der Waals surface area contributed by atoms with Gasteiger partial charge in [0.1, 0.15) is 5.75 Å². The van der Waals surface area contributed by atoms with Crippen LogP contribution in [-0.4, -0.2) is 24.6 Å². The molecule has 0 heterocycles. The van der Waals surface area contributed by atoms with Crippen LogP contribution in [0.25, 0.3) is 0 Å². The third kappa shape index (κ3) is 5.38. The molecule has 0 atom stereocenters. The normalized spacial score (nSPS) is 21.3. The second-order valence-corrected chi connectivity index (χ2v) is 5.74. The molecule has 1 amide bonds. The Balaban J connectivity index is 0.00000220. The molecule has 1 aromatic rings. The highest BCUT2D eigenvalue weighted by Crippen LogP contribution is 2.25. The summed E-state index contributed by atoms with van der Waals surface area (Å²) in [4.78, 5) is 11.9. The first-order valence-corrected chi connectivity index (χ1v) is 7.37. The summed E-state index contributed by atoms with van der Waals surface area (Å²) < 4.78 is 5.52. The molecule has 21 heavy (non-hydrogen) atoms. The van der Waals surface area contributed by atoms with E-state index in [1.165, 1.54) is 0 Å². The van der Waals surface area contributed by atoms with Gasteiger partial charge in [0.15, 0.2) is 6.61 Å². The topological polar surface area (TPSA) is 64.3 Å². The van der Waals surface area contributed by atoms with Crippen LogP contribution in [0.5, 0.6) is 5.75 Å². The molecule has 0 bridgehead atoms. The van der Waals surface area contributed by atoms with Crippen molar-refractivity contribution in [3.63, 3.8) is 0 Å². The van der Waals surface area contributed by atoms with Gasteiger partial charge in [-0.15, -0.1) is 12.4 Å². The molecule has 118 valence electrons. The minimum Gasteiger partial charge on any atom is -0.483 e. The number of ether oxygens (including phenoxy) is 1. The Labute approximate surface area is 136 Å². The van der Waals surface area contributed by atoms with E-state index < -0.39 is 0 Å². The van der Waals surface area contributed by atoms with Crippen LogP contribution in [0.3, 0.4) is 0 Å². The Hall–Kier alpha value is -0.970. The molecule has 1 aromatic carbocycles. The fraction of sp³-hybridized carbons (Fsp3) is 0.533. The number of carbonyl (C=O) groups is 1. The van der Waals surface area contributed by atoms with E-state index in [1.54, 1.807) is 6.07 Å². The molecule has 0 unspecified atom stereocenters. The predicted molar refractivity (Wildman–Crippen MR) is 87.3 cm³/mol. The number of carbonyl (C=O) groups excluding carboxylic acids is 1. The van der Waals surface area contributed by atoms with Crippen LogP contribution in [0, 0.1) is 6.92 Å². The van der Waals surface area contributed by atoms with Crippen LogP contribution >= 0.6 is 24.0 Å². The van der Waals surface area contributed by atoms with Gasteiger partial charge in [-0.2, -0.15) is 0 Å². The maximum Gasteiger partial charge on any atom is 0.258 e. The minimum absolute atomic E-state index is 0. The second kappa shape index (κ2) is 8.47. The maximum atomic E-state index is 11.9. The van der Waals surface area contributed by atoms with Crippen molar-refractivity contribution in [1.82, 2.24) is 5.32 Å². The van der Waals surface area contributed by atoms with Crippen molar-refractivity contribution in [3.8, 4) is 5.75 Å². The molecule has 0 saturated heterocycles. The lowest BCUT2D eigenvalue weighted by atomic mass is 9.92. The summed E-state index contributed by atoms with van der Waals surface area (Å²) in [5.41, 5.74) is 6.70. The summed E-state index contributed by atoms with van der Waals surface area (Å²) >= 11 is 6.01. The smallest absolute Gasteiger partial charge is 0.258 e. The van der Waals surface area contributed by atoms with E-state index in [9.17, 15) is 4.79 Å². The van der Waals surface area contributed by atoms with Crippen LogP contribution in [-0.2, 0) is 4.79 Å². The zero-order chi connectivity index (χ0) is 14.5. The number of benzene rings is 1. The molecule has 1 aliphatic carbocycles. The van der Waals surface area contributed by atoms with Gasteiger partial charge in [0, 0.05) is 22.7 Å². The Morgan fingerprint density at radius 1 is 1.38 bits per heavy atom. The molecule has 1 aliphatic rings. The summed E-state index contributed by atoms with van der Waals surface area (Å²) in [6.07, 6.45) is 3.84. The number of rotatable bonds is 4. The summed E-state index contributed by atoms with van der Waals surface area (Å²) in [6, 6.07) is 5.94. The van der Waals surface area contributed by atoms with Crippen molar-refractivity contribution in [2.24, 2.45) is 5.73 Å². The van der Waals surface area contributed by atoms with E-state index in [0.29, 0.717) is 10.8 Å². The second-order valence-electron chi connectivity index (χ2n) is 5.33. The molecule has 0 aliphatic heterocycles. The summed E-state index contributed by atoms with van der Waals surface area (Å²) in [6.45, 7) is 1.89. The average Bonchev–Trinajstić information content (AvgIpc) is 2.43. The van der Waals surface area contributed by atoms with Crippen molar-refractivity contribution in [3.05, 3.63) is 28.8 Å². The minimum atomic E-state index is -0.0927. The molecule has 4 nitrogen and oxygen atoms in total. The summed E-state index contributed by atoms with van der Waals surface area (Å²) in [5, 5.41) is 3.63. The monoisotopic (exact) mass is 332 g/mol. The molecular formula is C15H22Cl2N2O2. The van der Waals surface area contributed by atoms with E-state index in [0.717, 1.165) is 31.2 Å². The molecule has 1 saturated carbocycles. The van der Waals surface area contributed by atoms with E-state index in [-0.39, 0.29) is 37.0 Å². The van der Waals surface area contributed by atoms with Crippen molar-refractivity contribution >= 4 is 29.9 Å². The number of nitrogens with two attached hydrogens (primary N) is 1. The highest BCUT2D eigenvalue weighted by Gasteiger charge is 2.20. The summed E-state index contributed by atoms with van der Waals surface area (Å²) in [7, 11) is 0. The average molecular weight is 333 g/mol. The fourth-order valence-electron chi connectivity index (χ4n) is 2.42. The molecule has 0 spiro atoms. The van der Waals surface area contributed by atoms with Gasteiger partial charge in [0.25, 0.3) is 5.91 Å². The molecule has 6 heteroatoms. The maximum absolute atomic E-state index is 11.9. The lowest BCUT2D eigenvalue weighted by molar-refractivity contribution is -0.124. The quantitative estimate of drug-likeness (QED) is 0.891. The molecule has 0 aromatic heterocycles. The first kappa shape index (κ1) is 18.1. The fourth-order valence-corrected chi connectivity index (χ4v) is 2.59. The number of halogens is 2. The molecule has 0 radical (unpaired) electrons. The van der Waals surface area contributed by atoms with Crippen molar-refractivity contribution in [2.75, 3.05) is 6.61 Å². The third-order valence-electron chi connectivity index (χ3n) is 3.71. The van der Waals surface area contributed by atoms with Gasteiger partial charge in [-0.05, 0) is 44.7 Å². The number of hydrogen-bond acceptors (Lipinski definition) is 3. The molecular weight excluding hydrogens is 311 g/mol. The van der Waals surface area contributed by atoms with Crippen molar-refractivity contribution in [1.29, 1.82) is 0 Å². The van der Waals surface area contributed by atoms with Crippen LogP contribution in [0.2, 0.25) is 5.02 Å². The lowest BCUT2D eigenvalue weighted by Gasteiger charge is -2.26. The highest BCUT2D eigenvalue weighted by molar-refractivity contribution is 6.31. The number of hydrogen-bond donors (Lipinski definition) is 2.